The molecule has 0 saturated heterocycles. The van der Waals surface area contributed by atoms with Gasteiger partial charge in [0.15, 0.2) is 0 Å². The molecule has 0 spiro atoms. The average molecular weight is 409 g/mol. The van der Waals surface area contributed by atoms with E-state index < -0.39 is 5.97 Å². The molecule has 0 atom stereocenters. The summed E-state index contributed by atoms with van der Waals surface area (Å²) in [5.74, 6) is -0.00603. The van der Waals surface area contributed by atoms with Gasteiger partial charge in [0, 0.05) is 5.02 Å². The third kappa shape index (κ3) is 5.06. The first kappa shape index (κ1) is 21.1. The fraction of sp³-hybridized carbons (Fsp3) is 0.240. The fourth-order valence-electron chi connectivity index (χ4n) is 3.61. The van der Waals surface area contributed by atoms with Gasteiger partial charge in [0.2, 0.25) is 0 Å². The van der Waals surface area contributed by atoms with Crippen molar-refractivity contribution < 1.29 is 14.3 Å². The van der Waals surface area contributed by atoms with Gasteiger partial charge in [-0.1, -0.05) is 48.0 Å². The molecule has 0 aromatic heterocycles. The maximum atomic E-state index is 12.4. The minimum Gasteiger partial charge on any atom is -0.425 e. The van der Waals surface area contributed by atoms with E-state index >= 15 is 0 Å². The number of rotatable bonds is 6. The van der Waals surface area contributed by atoms with Crippen LogP contribution in [0, 0.1) is 27.7 Å². The van der Waals surface area contributed by atoms with E-state index in [0.717, 1.165) is 33.4 Å². The minimum absolute atomic E-state index is 0.158. The molecule has 0 unspecified atom stereocenters. The number of benzene rings is 3. The van der Waals surface area contributed by atoms with E-state index in [1.165, 1.54) is 0 Å². The van der Waals surface area contributed by atoms with Crippen molar-refractivity contribution >= 4 is 17.6 Å². The lowest BCUT2D eigenvalue weighted by molar-refractivity contribution is -0.141. The normalized spacial score (nSPS) is 11.0. The van der Waals surface area contributed by atoms with Crippen molar-refractivity contribution in [2.75, 3.05) is 6.61 Å². The topological polar surface area (TPSA) is 35.5 Å². The van der Waals surface area contributed by atoms with Crippen LogP contribution >= 0.6 is 11.6 Å². The van der Waals surface area contributed by atoms with Crippen LogP contribution in [-0.2, 0) is 9.53 Å². The Kier molecular flexibility index (Phi) is 6.73. The summed E-state index contributed by atoms with van der Waals surface area (Å²) in [6.07, 6.45) is -0.352. The Morgan fingerprint density at radius 1 is 0.793 bits per heavy atom. The Morgan fingerprint density at radius 2 is 1.24 bits per heavy atom. The predicted octanol–water partition coefficient (Wildman–Crippen LogP) is 6.29. The van der Waals surface area contributed by atoms with Crippen molar-refractivity contribution in [3.05, 3.63) is 99.1 Å². The molecule has 0 bridgehead atoms. The standard InChI is InChI=1S/C25H25ClO3/c1-16-7-5-8-17(2)23(16)25(24-18(3)9-6-10-19(24)4)28-15-22(27)29-21-13-11-20(26)12-14-21/h5-14,25H,15H2,1-4H3. The summed E-state index contributed by atoms with van der Waals surface area (Å²) in [5, 5.41) is 0.589. The van der Waals surface area contributed by atoms with Crippen molar-refractivity contribution in [1.29, 1.82) is 0 Å². The molecule has 3 aromatic rings. The molecular formula is C25H25ClO3. The Bertz CT molecular complexity index is 917. The summed E-state index contributed by atoms with van der Waals surface area (Å²) in [5.41, 5.74) is 6.69. The maximum absolute atomic E-state index is 12.4. The van der Waals surface area contributed by atoms with Gasteiger partial charge in [0.05, 0.1) is 0 Å². The molecule has 3 nitrogen and oxygen atoms in total. The molecule has 0 saturated carbocycles. The second-order valence-electron chi connectivity index (χ2n) is 7.23. The molecule has 29 heavy (non-hydrogen) atoms. The molecule has 150 valence electrons. The Morgan fingerprint density at radius 3 is 1.69 bits per heavy atom. The SMILES string of the molecule is Cc1cccc(C)c1C(OCC(=O)Oc1ccc(Cl)cc1)c1c(C)cccc1C. The number of ether oxygens (including phenoxy) is 2. The van der Waals surface area contributed by atoms with Crippen molar-refractivity contribution in [2.24, 2.45) is 0 Å². The lowest BCUT2D eigenvalue weighted by Crippen LogP contribution is -2.20. The highest BCUT2D eigenvalue weighted by Gasteiger charge is 2.24. The van der Waals surface area contributed by atoms with Gasteiger partial charge in [-0.2, -0.15) is 0 Å². The van der Waals surface area contributed by atoms with Crippen LogP contribution in [0.5, 0.6) is 5.75 Å². The van der Waals surface area contributed by atoms with E-state index in [2.05, 4.69) is 52.0 Å². The van der Waals surface area contributed by atoms with Gasteiger partial charge >= 0.3 is 5.97 Å². The summed E-state index contributed by atoms with van der Waals surface area (Å²) in [6.45, 7) is 8.11. The number of carbonyl (C=O) groups is 1. The van der Waals surface area contributed by atoms with Gasteiger partial charge in [-0.3, -0.25) is 0 Å². The molecule has 3 rings (SSSR count). The van der Waals surface area contributed by atoms with Crippen molar-refractivity contribution in [2.45, 2.75) is 33.8 Å². The quantitative estimate of drug-likeness (QED) is 0.355. The summed E-state index contributed by atoms with van der Waals surface area (Å²) >= 11 is 5.88. The van der Waals surface area contributed by atoms with Gasteiger partial charge in [-0.15, -0.1) is 0 Å². The van der Waals surface area contributed by atoms with Gasteiger partial charge in [-0.25, -0.2) is 4.79 Å². The zero-order valence-corrected chi connectivity index (χ0v) is 17.9. The van der Waals surface area contributed by atoms with Crippen LogP contribution in [0.1, 0.15) is 39.5 Å². The number of aryl methyl sites for hydroxylation is 4. The minimum atomic E-state index is -0.449. The summed E-state index contributed by atoms with van der Waals surface area (Å²) in [6, 6.07) is 19.0. The smallest absolute Gasteiger partial charge is 0.337 e. The first-order chi connectivity index (χ1) is 13.9. The zero-order valence-electron chi connectivity index (χ0n) is 17.2. The van der Waals surface area contributed by atoms with E-state index in [1.807, 2.05) is 12.1 Å². The van der Waals surface area contributed by atoms with E-state index in [4.69, 9.17) is 21.1 Å². The molecule has 0 aliphatic rings. The Hall–Kier alpha value is -2.62. The molecule has 3 aromatic carbocycles. The second-order valence-corrected chi connectivity index (χ2v) is 7.67. The summed E-state index contributed by atoms with van der Waals surface area (Å²) in [4.78, 5) is 12.4. The largest absolute Gasteiger partial charge is 0.425 e. The average Bonchev–Trinajstić information content (AvgIpc) is 2.67. The number of halogens is 1. The highest BCUT2D eigenvalue weighted by Crippen LogP contribution is 2.34. The second kappa shape index (κ2) is 9.25. The first-order valence-corrected chi connectivity index (χ1v) is 9.94. The molecule has 0 aliphatic carbocycles. The van der Waals surface area contributed by atoms with Crippen molar-refractivity contribution in [3.63, 3.8) is 0 Å². The van der Waals surface area contributed by atoms with E-state index in [-0.39, 0.29) is 12.7 Å². The Balaban J connectivity index is 1.88. The lowest BCUT2D eigenvalue weighted by atomic mass is 9.89. The number of hydrogen-bond acceptors (Lipinski definition) is 3. The molecule has 0 aliphatic heterocycles. The van der Waals surface area contributed by atoms with Crippen LogP contribution in [0.2, 0.25) is 5.02 Å². The highest BCUT2D eigenvalue weighted by molar-refractivity contribution is 6.30. The highest BCUT2D eigenvalue weighted by atomic mass is 35.5. The number of esters is 1. The predicted molar refractivity (Wildman–Crippen MR) is 117 cm³/mol. The third-order valence-corrected chi connectivity index (χ3v) is 5.27. The van der Waals surface area contributed by atoms with Gasteiger partial charge in [0.1, 0.15) is 18.5 Å². The molecular weight excluding hydrogens is 384 g/mol. The fourth-order valence-corrected chi connectivity index (χ4v) is 3.73. The summed E-state index contributed by atoms with van der Waals surface area (Å²) in [7, 11) is 0. The molecule has 4 heteroatoms. The molecule has 0 radical (unpaired) electrons. The Labute approximate surface area is 177 Å². The first-order valence-electron chi connectivity index (χ1n) is 9.57. The monoisotopic (exact) mass is 408 g/mol. The van der Waals surface area contributed by atoms with E-state index in [0.29, 0.717) is 10.8 Å². The van der Waals surface area contributed by atoms with Gasteiger partial charge in [0.25, 0.3) is 0 Å². The maximum Gasteiger partial charge on any atom is 0.337 e. The molecule has 0 N–H and O–H groups in total. The van der Waals surface area contributed by atoms with Gasteiger partial charge in [-0.05, 0) is 85.3 Å². The van der Waals surface area contributed by atoms with Crippen LogP contribution in [0.15, 0.2) is 60.7 Å². The van der Waals surface area contributed by atoms with Gasteiger partial charge < -0.3 is 9.47 Å². The van der Waals surface area contributed by atoms with Crippen LogP contribution in [-0.4, -0.2) is 12.6 Å². The molecule has 0 heterocycles. The zero-order chi connectivity index (χ0) is 21.0. The van der Waals surface area contributed by atoms with Crippen molar-refractivity contribution in [1.82, 2.24) is 0 Å². The van der Waals surface area contributed by atoms with E-state index in [1.54, 1.807) is 24.3 Å². The van der Waals surface area contributed by atoms with Crippen LogP contribution in [0.4, 0.5) is 0 Å². The lowest BCUT2D eigenvalue weighted by Gasteiger charge is -2.25. The third-order valence-electron chi connectivity index (χ3n) is 5.02. The van der Waals surface area contributed by atoms with E-state index in [9.17, 15) is 4.79 Å². The molecule has 0 amide bonds. The number of carbonyl (C=O) groups excluding carboxylic acids is 1. The molecule has 0 fully saturated rings. The van der Waals surface area contributed by atoms with Crippen molar-refractivity contribution in [3.8, 4) is 5.75 Å². The summed E-state index contributed by atoms with van der Waals surface area (Å²) < 4.78 is 11.6. The number of hydrogen-bond donors (Lipinski definition) is 0. The van der Waals surface area contributed by atoms with Crippen LogP contribution < -0.4 is 4.74 Å². The van der Waals surface area contributed by atoms with Crippen LogP contribution in [0.25, 0.3) is 0 Å². The van der Waals surface area contributed by atoms with Crippen LogP contribution in [0.3, 0.4) is 0 Å².